The Morgan fingerprint density at radius 3 is 2.84 bits per heavy atom. The molecular formula is C14H15NO4. The number of rotatable bonds is 5. The molecule has 0 bridgehead atoms. The lowest BCUT2D eigenvalue weighted by Gasteiger charge is -2.11. The van der Waals surface area contributed by atoms with Gasteiger partial charge in [-0.25, -0.2) is 4.79 Å². The van der Waals surface area contributed by atoms with Gasteiger partial charge in [-0.2, -0.15) is 0 Å². The second-order valence-corrected chi connectivity index (χ2v) is 4.29. The van der Waals surface area contributed by atoms with Crippen molar-refractivity contribution in [3.8, 4) is 11.3 Å². The summed E-state index contributed by atoms with van der Waals surface area (Å²) in [4.78, 5) is 10.8. The van der Waals surface area contributed by atoms with E-state index in [1.807, 2.05) is 31.2 Å². The minimum atomic E-state index is -1.12. The van der Waals surface area contributed by atoms with Gasteiger partial charge in [0.25, 0.3) is 0 Å². The summed E-state index contributed by atoms with van der Waals surface area (Å²) in [5.41, 5.74) is 2.43. The zero-order valence-electron chi connectivity index (χ0n) is 10.8. The molecule has 0 saturated heterocycles. The van der Waals surface area contributed by atoms with Crippen molar-refractivity contribution in [1.29, 1.82) is 0 Å². The first-order chi connectivity index (χ1) is 9.11. The quantitative estimate of drug-likeness (QED) is 0.895. The van der Waals surface area contributed by atoms with Crippen LogP contribution in [0.5, 0.6) is 0 Å². The lowest BCUT2D eigenvalue weighted by Crippen LogP contribution is -2.09. The summed E-state index contributed by atoms with van der Waals surface area (Å²) in [7, 11) is 1.66. The molecule has 0 spiro atoms. The molecule has 0 radical (unpaired) electrons. The van der Waals surface area contributed by atoms with Crippen LogP contribution in [0.2, 0.25) is 0 Å². The van der Waals surface area contributed by atoms with Crippen molar-refractivity contribution < 1.29 is 19.2 Å². The molecule has 19 heavy (non-hydrogen) atoms. The Morgan fingerprint density at radius 1 is 1.47 bits per heavy atom. The molecule has 100 valence electrons. The van der Waals surface area contributed by atoms with Crippen molar-refractivity contribution >= 4 is 5.97 Å². The zero-order chi connectivity index (χ0) is 13.8. The van der Waals surface area contributed by atoms with Crippen LogP contribution in [0.25, 0.3) is 11.3 Å². The first-order valence-electron chi connectivity index (χ1n) is 5.93. The predicted molar refractivity (Wildman–Crippen MR) is 69.1 cm³/mol. The molecule has 2 aromatic rings. The molecule has 1 aromatic heterocycles. The average molecular weight is 261 g/mol. The number of aromatic carboxylic acids is 1. The molecule has 1 heterocycles. The third-order valence-electron chi connectivity index (χ3n) is 2.92. The molecule has 0 amide bonds. The van der Waals surface area contributed by atoms with Gasteiger partial charge >= 0.3 is 5.97 Å². The van der Waals surface area contributed by atoms with E-state index in [0.717, 1.165) is 17.5 Å². The van der Waals surface area contributed by atoms with Gasteiger partial charge in [-0.3, -0.25) is 0 Å². The van der Waals surface area contributed by atoms with Gasteiger partial charge in [-0.1, -0.05) is 29.4 Å². The van der Waals surface area contributed by atoms with E-state index in [0.29, 0.717) is 5.69 Å². The number of benzene rings is 1. The lowest BCUT2D eigenvalue weighted by molar-refractivity contribution is 0.0652. The van der Waals surface area contributed by atoms with Crippen molar-refractivity contribution in [3.05, 3.63) is 41.7 Å². The second-order valence-electron chi connectivity index (χ2n) is 4.29. The van der Waals surface area contributed by atoms with E-state index in [1.165, 1.54) is 6.07 Å². The van der Waals surface area contributed by atoms with Gasteiger partial charge in [0.05, 0.1) is 6.10 Å². The highest BCUT2D eigenvalue weighted by Gasteiger charge is 2.15. The average Bonchev–Trinajstić information content (AvgIpc) is 2.89. The van der Waals surface area contributed by atoms with Crippen molar-refractivity contribution in [2.75, 3.05) is 7.11 Å². The summed E-state index contributed by atoms with van der Waals surface area (Å²) in [5.74, 6) is -1.29. The highest BCUT2D eigenvalue weighted by Crippen LogP contribution is 2.24. The highest BCUT2D eigenvalue weighted by molar-refractivity contribution is 5.85. The second kappa shape index (κ2) is 5.67. The van der Waals surface area contributed by atoms with Gasteiger partial charge in [0, 0.05) is 18.7 Å². The topological polar surface area (TPSA) is 72.6 Å². The van der Waals surface area contributed by atoms with E-state index >= 15 is 0 Å². The monoisotopic (exact) mass is 261 g/mol. The number of carbonyl (C=O) groups is 1. The summed E-state index contributed by atoms with van der Waals surface area (Å²) in [6.45, 7) is 1.97. The van der Waals surface area contributed by atoms with Gasteiger partial charge in [0.1, 0.15) is 5.69 Å². The molecule has 0 fully saturated rings. The van der Waals surface area contributed by atoms with Crippen molar-refractivity contribution in [2.24, 2.45) is 0 Å². The van der Waals surface area contributed by atoms with Crippen LogP contribution in [0, 0.1) is 0 Å². The van der Waals surface area contributed by atoms with Crippen LogP contribution in [0.1, 0.15) is 23.0 Å². The van der Waals surface area contributed by atoms with Crippen LogP contribution in [-0.2, 0) is 11.2 Å². The smallest absolute Gasteiger partial charge is 0.374 e. The van der Waals surface area contributed by atoms with Gasteiger partial charge in [-0.15, -0.1) is 0 Å². The molecule has 1 unspecified atom stereocenters. The largest absolute Gasteiger partial charge is 0.475 e. The minimum absolute atomic E-state index is 0.0759. The van der Waals surface area contributed by atoms with Crippen LogP contribution in [0.15, 0.2) is 34.9 Å². The maximum Gasteiger partial charge on any atom is 0.374 e. The Balaban J connectivity index is 2.35. The number of ether oxygens (including phenoxy) is 1. The number of methoxy groups -OCH3 is 1. The Kier molecular flexibility index (Phi) is 3.97. The maximum atomic E-state index is 10.8. The Morgan fingerprint density at radius 2 is 2.21 bits per heavy atom. The van der Waals surface area contributed by atoms with Crippen LogP contribution >= 0.6 is 0 Å². The Bertz CT molecular complexity index is 576. The lowest BCUT2D eigenvalue weighted by atomic mass is 9.99. The van der Waals surface area contributed by atoms with Crippen molar-refractivity contribution in [2.45, 2.75) is 19.4 Å². The number of hydrogen-bond donors (Lipinski definition) is 1. The molecule has 1 aromatic carbocycles. The summed E-state index contributed by atoms with van der Waals surface area (Å²) < 4.78 is 10.0. The van der Waals surface area contributed by atoms with Gasteiger partial charge < -0.3 is 14.4 Å². The minimum Gasteiger partial charge on any atom is -0.475 e. The standard InChI is InChI=1S/C14H15NO4/c1-9(18-2)7-10-5-3-4-6-11(10)12-8-13(14(16)17)19-15-12/h3-6,8-9H,7H2,1-2H3,(H,16,17). The SMILES string of the molecule is COC(C)Cc1ccccc1-c1cc(C(=O)O)on1. The summed E-state index contributed by atoms with van der Waals surface area (Å²) in [5, 5.41) is 12.6. The third kappa shape index (κ3) is 3.00. The molecule has 2 rings (SSSR count). The van der Waals surface area contributed by atoms with Crippen molar-refractivity contribution in [3.63, 3.8) is 0 Å². The molecule has 1 N–H and O–H groups in total. The van der Waals surface area contributed by atoms with Gasteiger partial charge in [0.2, 0.25) is 5.76 Å². The Hall–Kier alpha value is -2.14. The van der Waals surface area contributed by atoms with Crippen LogP contribution in [0.3, 0.4) is 0 Å². The fourth-order valence-corrected chi connectivity index (χ4v) is 1.84. The van der Waals surface area contributed by atoms with Crippen LogP contribution < -0.4 is 0 Å². The fraction of sp³-hybridized carbons (Fsp3) is 0.286. The predicted octanol–water partition coefficient (Wildman–Crippen LogP) is 2.62. The zero-order valence-corrected chi connectivity index (χ0v) is 10.8. The molecule has 0 aliphatic heterocycles. The van der Waals surface area contributed by atoms with Crippen LogP contribution in [-0.4, -0.2) is 29.4 Å². The van der Waals surface area contributed by atoms with E-state index in [9.17, 15) is 4.79 Å². The molecule has 0 aliphatic rings. The summed E-state index contributed by atoms with van der Waals surface area (Å²) in [6.07, 6.45) is 0.800. The number of aromatic nitrogens is 1. The van der Waals surface area contributed by atoms with Crippen molar-refractivity contribution in [1.82, 2.24) is 5.16 Å². The normalized spacial score (nSPS) is 12.3. The molecule has 5 nitrogen and oxygen atoms in total. The first-order valence-corrected chi connectivity index (χ1v) is 5.93. The van der Waals surface area contributed by atoms with E-state index in [2.05, 4.69) is 5.16 Å². The number of carboxylic acid groups (broad SMARTS) is 1. The molecule has 1 atom stereocenters. The molecular weight excluding hydrogens is 246 g/mol. The molecule has 0 aliphatic carbocycles. The molecule has 5 heteroatoms. The number of carboxylic acids is 1. The Labute approximate surface area is 110 Å². The van der Waals surface area contributed by atoms with Crippen LogP contribution in [0.4, 0.5) is 0 Å². The van der Waals surface area contributed by atoms with Gasteiger partial charge in [-0.05, 0) is 18.9 Å². The molecule has 0 saturated carbocycles. The maximum absolute atomic E-state index is 10.8. The number of hydrogen-bond acceptors (Lipinski definition) is 4. The first kappa shape index (κ1) is 13.3. The summed E-state index contributed by atoms with van der Waals surface area (Å²) in [6, 6.07) is 9.10. The van der Waals surface area contributed by atoms with Gasteiger partial charge in [0.15, 0.2) is 0 Å². The van der Waals surface area contributed by atoms with E-state index in [1.54, 1.807) is 7.11 Å². The van der Waals surface area contributed by atoms with E-state index in [-0.39, 0.29) is 11.9 Å². The van der Waals surface area contributed by atoms with E-state index in [4.69, 9.17) is 14.4 Å². The summed E-state index contributed by atoms with van der Waals surface area (Å²) >= 11 is 0. The third-order valence-corrected chi connectivity index (χ3v) is 2.92. The fourth-order valence-electron chi connectivity index (χ4n) is 1.84. The highest BCUT2D eigenvalue weighted by atomic mass is 16.5. The number of nitrogens with zero attached hydrogens (tertiary/aromatic N) is 1. The van der Waals surface area contributed by atoms with E-state index < -0.39 is 5.97 Å².